The Balaban J connectivity index is 1.85. The summed E-state index contributed by atoms with van der Waals surface area (Å²) < 4.78 is 14.8. The van der Waals surface area contributed by atoms with Crippen LogP contribution in [0.15, 0.2) is 4.52 Å². The molecule has 0 unspecified atom stereocenters. The highest BCUT2D eigenvalue weighted by atomic mass is 16.5. The van der Waals surface area contributed by atoms with E-state index in [1.807, 2.05) is 0 Å². The van der Waals surface area contributed by atoms with E-state index in [4.69, 9.17) is 14.0 Å². The molecule has 0 saturated heterocycles. The molecule has 24 heavy (non-hydrogen) atoms. The van der Waals surface area contributed by atoms with E-state index in [9.17, 15) is 14.4 Å². The average Bonchev–Trinajstić information content (AvgIpc) is 3.05. The van der Waals surface area contributed by atoms with Crippen molar-refractivity contribution in [2.75, 3.05) is 13.2 Å². The maximum atomic E-state index is 12.1. The smallest absolute Gasteiger partial charge is 0.379 e. The molecular weight excluding hydrogens is 316 g/mol. The van der Waals surface area contributed by atoms with E-state index in [1.165, 1.54) is 0 Å². The first-order valence-electron chi connectivity index (χ1n) is 8.24. The molecule has 8 nitrogen and oxygen atoms in total. The Morgan fingerprint density at radius 2 is 1.75 bits per heavy atom. The zero-order valence-electron chi connectivity index (χ0n) is 13.9. The van der Waals surface area contributed by atoms with Gasteiger partial charge in [0.2, 0.25) is 5.89 Å². The number of nitrogens with zero attached hydrogens (tertiary/aromatic N) is 2. The summed E-state index contributed by atoms with van der Waals surface area (Å²) in [6, 6.07) is 0. The van der Waals surface area contributed by atoms with Crippen molar-refractivity contribution in [3.05, 3.63) is 11.7 Å². The number of rotatable bonds is 7. The minimum atomic E-state index is -0.606. The molecule has 0 N–H and O–H groups in total. The first kappa shape index (κ1) is 18.1. The maximum absolute atomic E-state index is 12.1. The SMILES string of the molecule is CCOC(=O)CC(=O)C1CCC(c2nc(C(=O)OCC)no2)CC1. The van der Waals surface area contributed by atoms with Gasteiger partial charge < -0.3 is 14.0 Å². The minimum absolute atomic E-state index is 0.0207. The van der Waals surface area contributed by atoms with Gasteiger partial charge in [0.25, 0.3) is 5.82 Å². The number of ketones is 1. The molecule has 0 aromatic carbocycles. The van der Waals surface area contributed by atoms with Gasteiger partial charge in [-0.1, -0.05) is 0 Å². The van der Waals surface area contributed by atoms with Crippen molar-refractivity contribution in [3.8, 4) is 0 Å². The summed E-state index contributed by atoms with van der Waals surface area (Å²) in [6.07, 6.45) is 2.53. The lowest BCUT2D eigenvalue weighted by Crippen LogP contribution is -2.24. The molecule has 1 aromatic rings. The van der Waals surface area contributed by atoms with E-state index >= 15 is 0 Å². The Morgan fingerprint density at radius 3 is 2.38 bits per heavy atom. The van der Waals surface area contributed by atoms with Crippen molar-refractivity contribution in [2.24, 2.45) is 5.92 Å². The number of carbonyl (C=O) groups is 3. The van der Waals surface area contributed by atoms with E-state index in [0.717, 1.165) is 0 Å². The van der Waals surface area contributed by atoms with Gasteiger partial charge in [-0.05, 0) is 44.7 Å². The quantitative estimate of drug-likeness (QED) is 0.549. The third-order valence-corrected chi connectivity index (χ3v) is 4.06. The van der Waals surface area contributed by atoms with Gasteiger partial charge in [-0.15, -0.1) is 0 Å². The molecule has 1 saturated carbocycles. The van der Waals surface area contributed by atoms with Crippen LogP contribution in [0.25, 0.3) is 0 Å². The topological polar surface area (TPSA) is 109 Å². The van der Waals surface area contributed by atoms with Crippen LogP contribution >= 0.6 is 0 Å². The molecule has 1 aliphatic rings. The first-order valence-corrected chi connectivity index (χ1v) is 8.24. The van der Waals surface area contributed by atoms with Crippen LogP contribution in [-0.2, 0) is 19.1 Å². The number of aromatic nitrogens is 2. The average molecular weight is 338 g/mol. The highest BCUT2D eigenvalue weighted by molar-refractivity contribution is 5.96. The Hall–Kier alpha value is -2.25. The van der Waals surface area contributed by atoms with Crippen molar-refractivity contribution >= 4 is 17.7 Å². The Kier molecular flexibility index (Phi) is 6.45. The Morgan fingerprint density at radius 1 is 1.08 bits per heavy atom. The summed E-state index contributed by atoms with van der Waals surface area (Å²) >= 11 is 0. The fraction of sp³-hybridized carbons (Fsp3) is 0.688. The van der Waals surface area contributed by atoms with Gasteiger partial charge in [-0.2, -0.15) is 4.98 Å². The van der Waals surface area contributed by atoms with Gasteiger partial charge in [0.1, 0.15) is 12.2 Å². The van der Waals surface area contributed by atoms with E-state index in [2.05, 4.69) is 10.1 Å². The van der Waals surface area contributed by atoms with Crippen molar-refractivity contribution in [1.82, 2.24) is 10.1 Å². The third-order valence-electron chi connectivity index (χ3n) is 4.06. The molecular formula is C16H22N2O6. The molecule has 132 valence electrons. The number of hydrogen-bond donors (Lipinski definition) is 0. The van der Waals surface area contributed by atoms with Gasteiger partial charge in [0.05, 0.1) is 13.2 Å². The van der Waals surface area contributed by atoms with E-state index in [0.29, 0.717) is 31.6 Å². The normalized spacial score (nSPS) is 20.4. The van der Waals surface area contributed by atoms with Crippen LogP contribution in [0.4, 0.5) is 0 Å². The second kappa shape index (κ2) is 8.56. The second-order valence-electron chi connectivity index (χ2n) is 5.67. The Labute approximate surface area is 139 Å². The summed E-state index contributed by atoms with van der Waals surface area (Å²) in [4.78, 5) is 39.1. The lowest BCUT2D eigenvalue weighted by molar-refractivity contribution is -0.146. The summed E-state index contributed by atoms with van der Waals surface area (Å²) in [6.45, 7) is 3.94. The molecule has 1 aromatic heterocycles. The van der Waals surface area contributed by atoms with Crippen LogP contribution in [0.3, 0.4) is 0 Å². The molecule has 0 bridgehead atoms. The predicted molar refractivity (Wildman–Crippen MR) is 81.2 cm³/mol. The Bertz CT molecular complexity index is 589. The lowest BCUT2D eigenvalue weighted by atomic mass is 9.79. The van der Waals surface area contributed by atoms with Crippen LogP contribution in [0.1, 0.15) is 68.4 Å². The van der Waals surface area contributed by atoms with Gasteiger partial charge >= 0.3 is 11.9 Å². The molecule has 0 radical (unpaired) electrons. The summed E-state index contributed by atoms with van der Waals surface area (Å²) in [5.74, 6) is -0.955. The van der Waals surface area contributed by atoms with E-state index in [1.54, 1.807) is 13.8 Å². The standard InChI is InChI=1S/C16H22N2O6/c1-3-22-13(20)9-12(19)10-5-7-11(8-6-10)15-17-14(18-24-15)16(21)23-4-2/h10-11H,3-9H2,1-2H3. The van der Waals surface area contributed by atoms with Gasteiger partial charge in [-0.3, -0.25) is 9.59 Å². The van der Waals surface area contributed by atoms with Crippen molar-refractivity contribution in [2.45, 2.75) is 51.9 Å². The molecule has 0 aliphatic heterocycles. The number of hydrogen-bond acceptors (Lipinski definition) is 8. The maximum Gasteiger partial charge on any atom is 0.379 e. The number of carbonyl (C=O) groups excluding carboxylic acids is 3. The molecule has 0 spiro atoms. The van der Waals surface area contributed by atoms with Crippen LogP contribution in [0, 0.1) is 5.92 Å². The van der Waals surface area contributed by atoms with Crippen molar-refractivity contribution < 1.29 is 28.4 Å². The van der Waals surface area contributed by atoms with E-state index in [-0.39, 0.29) is 43.1 Å². The van der Waals surface area contributed by atoms with Gasteiger partial charge in [0.15, 0.2) is 0 Å². The van der Waals surface area contributed by atoms with Gasteiger partial charge in [0, 0.05) is 11.8 Å². The van der Waals surface area contributed by atoms with E-state index < -0.39 is 11.9 Å². The van der Waals surface area contributed by atoms with Crippen LogP contribution in [0.5, 0.6) is 0 Å². The fourth-order valence-electron chi connectivity index (χ4n) is 2.84. The van der Waals surface area contributed by atoms with Crippen LogP contribution < -0.4 is 0 Å². The number of esters is 2. The molecule has 1 aliphatic carbocycles. The largest absolute Gasteiger partial charge is 0.466 e. The minimum Gasteiger partial charge on any atom is -0.466 e. The third kappa shape index (κ3) is 4.62. The van der Waals surface area contributed by atoms with Crippen LogP contribution in [0.2, 0.25) is 0 Å². The number of ether oxygens (including phenoxy) is 2. The highest BCUT2D eigenvalue weighted by Crippen LogP contribution is 2.35. The monoisotopic (exact) mass is 338 g/mol. The number of Topliss-reactive ketones (excluding diaryl/α,β-unsaturated/α-hetero) is 1. The molecule has 0 atom stereocenters. The lowest BCUT2D eigenvalue weighted by Gasteiger charge is -2.25. The molecule has 1 heterocycles. The molecule has 2 rings (SSSR count). The first-order chi connectivity index (χ1) is 11.5. The molecule has 8 heteroatoms. The summed E-state index contributed by atoms with van der Waals surface area (Å²) in [5, 5.41) is 3.64. The zero-order valence-corrected chi connectivity index (χ0v) is 13.9. The van der Waals surface area contributed by atoms with Crippen molar-refractivity contribution in [3.63, 3.8) is 0 Å². The second-order valence-corrected chi connectivity index (χ2v) is 5.67. The molecule has 1 fully saturated rings. The summed E-state index contributed by atoms with van der Waals surface area (Å²) in [5.41, 5.74) is 0. The fourth-order valence-corrected chi connectivity index (χ4v) is 2.84. The van der Waals surface area contributed by atoms with Gasteiger partial charge in [-0.25, -0.2) is 4.79 Å². The van der Waals surface area contributed by atoms with Crippen molar-refractivity contribution in [1.29, 1.82) is 0 Å². The summed E-state index contributed by atoms with van der Waals surface area (Å²) in [7, 11) is 0. The molecule has 0 amide bonds. The van der Waals surface area contributed by atoms with Crippen LogP contribution in [-0.4, -0.2) is 41.1 Å². The highest BCUT2D eigenvalue weighted by Gasteiger charge is 2.31. The predicted octanol–water partition coefficient (Wildman–Crippen LogP) is 2.04. The zero-order chi connectivity index (χ0) is 17.5.